The fraction of sp³-hybridized carbons (Fsp3) is 0.500. The lowest BCUT2D eigenvalue weighted by Crippen LogP contribution is -2.31. The van der Waals surface area contributed by atoms with Crippen LogP contribution in [0.25, 0.3) is 0 Å². The number of thiophene rings is 1. The lowest BCUT2D eigenvalue weighted by molar-refractivity contribution is 0.0703. The van der Waals surface area contributed by atoms with E-state index in [9.17, 15) is 9.90 Å². The number of ether oxygens (including phenoxy) is 1. The second kappa shape index (κ2) is 9.96. The Bertz CT molecular complexity index is 933. The Balaban J connectivity index is 1.59. The molecule has 0 amide bonds. The highest BCUT2D eigenvalue weighted by atomic mass is 127. The normalized spacial score (nSPS) is 18.9. The molecule has 1 aliphatic carbocycles. The van der Waals surface area contributed by atoms with Gasteiger partial charge < -0.3 is 15.2 Å². The molecule has 2 aromatic rings. The highest BCUT2D eigenvalue weighted by molar-refractivity contribution is 14.1. The van der Waals surface area contributed by atoms with Crippen LogP contribution in [0.1, 0.15) is 66.6 Å². The first-order valence-corrected chi connectivity index (χ1v) is 12.3. The fourth-order valence-corrected chi connectivity index (χ4v) is 4.34. The van der Waals surface area contributed by atoms with Gasteiger partial charge in [0, 0.05) is 28.3 Å². The zero-order valence-corrected chi connectivity index (χ0v) is 20.3. The minimum absolute atomic E-state index is 0.0862. The summed E-state index contributed by atoms with van der Waals surface area (Å²) in [4.78, 5) is 21.3. The third-order valence-electron chi connectivity index (χ3n) is 4.63. The van der Waals surface area contributed by atoms with Gasteiger partial charge in [0.2, 0.25) is 0 Å². The third kappa shape index (κ3) is 6.57. The van der Waals surface area contributed by atoms with E-state index in [1.165, 1.54) is 11.3 Å². The van der Waals surface area contributed by atoms with E-state index in [2.05, 4.69) is 49.7 Å². The maximum Gasteiger partial charge on any atom is 0.348 e. The topological polar surface area (TPSA) is 84.3 Å². The van der Waals surface area contributed by atoms with Crippen molar-refractivity contribution in [2.75, 3.05) is 5.32 Å². The van der Waals surface area contributed by atoms with Gasteiger partial charge in [0.25, 0.3) is 0 Å². The number of carboxylic acid groups (broad SMARTS) is 1. The number of aromatic nitrogens is 2. The molecule has 0 aliphatic heterocycles. The molecular formula is C22H26IN3O3S. The second-order valence-corrected chi connectivity index (χ2v) is 10.2. The first-order valence-electron chi connectivity index (χ1n) is 9.94. The molecule has 0 unspecified atom stereocenters. The summed E-state index contributed by atoms with van der Waals surface area (Å²) in [6.07, 6.45) is 7.22. The molecule has 0 atom stereocenters. The van der Waals surface area contributed by atoms with E-state index in [1.807, 2.05) is 26.8 Å². The van der Waals surface area contributed by atoms with Crippen LogP contribution in [-0.4, -0.2) is 33.2 Å². The highest BCUT2D eigenvalue weighted by Crippen LogP contribution is 2.31. The van der Waals surface area contributed by atoms with Gasteiger partial charge in [-0.25, -0.2) is 14.8 Å². The molecule has 3 rings (SSSR count). The lowest BCUT2D eigenvalue weighted by Gasteiger charge is -2.29. The van der Waals surface area contributed by atoms with Crippen molar-refractivity contribution in [3.8, 4) is 17.9 Å². The largest absolute Gasteiger partial charge is 0.477 e. The number of hydrogen-bond acceptors (Lipinski definition) is 6. The standard InChI is InChI=1S/C22H26IN3O3S/c1-22(2,3)9-8-17-10-18(19(30-17)20(27)28)26-15-4-6-16(7-5-15)29-21-24-12-14(11-23)13-25-21/h10,12-13,15-16,26H,4-7,11H2,1-3H3,(H,27,28)/t15-,16-. The van der Waals surface area contributed by atoms with Gasteiger partial charge >= 0.3 is 12.0 Å². The predicted octanol–water partition coefficient (Wildman–Crippen LogP) is 5.37. The summed E-state index contributed by atoms with van der Waals surface area (Å²) in [6, 6.07) is 2.49. The summed E-state index contributed by atoms with van der Waals surface area (Å²) in [6.45, 7) is 6.11. The summed E-state index contributed by atoms with van der Waals surface area (Å²) in [5.41, 5.74) is 1.61. The number of rotatable bonds is 6. The molecule has 0 spiro atoms. The van der Waals surface area contributed by atoms with Crippen molar-refractivity contribution in [2.24, 2.45) is 5.41 Å². The Labute approximate surface area is 195 Å². The Morgan fingerprint density at radius 1 is 1.30 bits per heavy atom. The molecular weight excluding hydrogens is 513 g/mol. The molecule has 0 aromatic carbocycles. The molecule has 30 heavy (non-hydrogen) atoms. The molecule has 160 valence electrons. The molecule has 8 heteroatoms. The first kappa shape index (κ1) is 22.8. The zero-order chi connectivity index (χ0) is 21.7. The van der Waals surface area contributed by atoms with Gasteiger partial charge in [-0.3, -0.25) is 0 Å². The maximum absolute atomic E-state index is 11.7. The molecule has 2 heterocycles. The average Bonchev–Trinajstić information content (AvgIpc) is 3.11. The molecule has 0 saturated heterocycles. The summed E-state index contributed by atoms with van der Waals surface area (Å²) >= 11 is 3.50. The number of anilines is 1. The van der Waals surface area contributed by atoms with E-state index < -0.39 is 5.97 Å². The van der Waals surface area contributed by atoms with E-state index >= 15 is 0 Å². The number of alkyl halides is 1. The smallest absolute Gasteiger partial charge is 0.348 e. The Kier molecular flexibility index (Phi) is 7.58. The minimum Gasteiger partial charge on any atom is -0.477 e. The van der Waals surface area contributed by atoms with Crippen LogP contribution in [0.4, 0.5) is 5.69 Å². The number of hydrogen-bond donors (Lipinski definition) is 2. The van der Waals surface area contributed by atoms with E-state index in [0.29, 0.717) is 16.6 Å². The Hall–Kier alpha value is -1.86. The third-order valence-corrected chi connectivity index (χ3v) is 6.55. The van der Waals surface area contributed by atoms with Gasteiger partial charge in [-0.1, -0.05) is 34.4 Å². The highest BCUT2D eigenvalue weighted by Gasteiger charge is 2.25. The van der Waals surface area contributed by atoms with Gasteiger partial charge in [-0.05, 0) is 58.1 Å². The molecule has 2 N–H and O–H groups in total. The van der Waals surface area contributed by atoms with Gasteiger partial charge in [0.15, 0.2) is 0 Å². The lowest BCUT2D eigenvalue weighted by atomic mass is 9.93. The van der Waals surface area contributed by atoms with Gasteiger partial charge in [0.1, 0.15) is 11.0 Å². The quantitative estimate of drug-likeness (QED) is 0.292. The van der Waals surface area contributed by atoms with Gasteiger partial charge in [-0.2, -0.15) is 0 Å². The van der Waals surface area contributed by atoms with Crippen LogP contribution < -0.4 is 10.1 Å². The fourth-order valence-electron chi connectivity index (χ4n) is 3.13. The number of carboxylic acids is 1. The van der Waals surface area contributed by atoms with E-state index in [-0.39, 0.29) is 17.6 Å². The average molecular weight is 539 g/mol. The van der Waals surface area contributed by atoms with Crippen molar-refractivity contribution in [3.63, 3.8) is 0 Å². The van der Waals surface area contributed by atoms with Crippen LogP contribution >= 0.6 is 33.9 Å². The summed E-state index contributed by atoms with van der Waals surface area (Å²) < 4.78 is 6.79. The van der Waals surface area contributed by atoms with E-state index in [4.69, 9.17) is 4.74 Å². The summed E-state index contributed by atoms with van der Waals surface area (Å²) in [7, 11) is 0. The monoisotopic (exact) mass is 539 g/mol. The maximum atomic E-state index is 11.7. The van der Waals surface area contributed by atoms with E-state index in [1.54, 1.807) is 12.4 Å². The van der Waals surface area contributed by atoms with Gasteiger partial charge in [0.05, 0.1) is 10.6 Å². The van der Waals surface area contributed by atoms with Crippen LogP contribution in [0.2, 0.25) is 0 Å². The van der Waals surface area contributed by atoms with Crippen molar-refractivity contribution in [1.29, 1.82) is 0 Å². The van der Waals surface area contributed by atoms with E-state index in [0.717, 1.165) is 40.6 Å². The zero-order valence-electron chi connectivity index (χ0n) is 17.4. The van der Waals surface area contributed by atoms with Crippen LogP contribution in [0, 0.1) is 17.3 Å². The molecule has 1 aliphatic rings. The van der Waals surface area contributed by atoms with Crippen LogP contribution in [0.3, 0.4) is 0 Å². The molecule has 6 nitrogen and oxygen atoms in total. The Morgan fingerprint density at radius 3 is 2.53 bits per heavy atom. The number of halogens is 1. The number of carbonyl (C=O) groups is 1. The number of aromatic carboxylic acids is 1. The van der Waals surface area contributed by atoms with Crippen molar-refractivity contribution in [1.82, 2.24) is 9.97 Å². The molecule has 1 fully saturated rings. The second-order valence-electron chi connectivity index (χ2n) is 8.40. The van der Waals surface area contributed by atoms with Gasteiger partial charge in [-0.15, -0.1) is 11.3 Å². The van der Waals surface area contributed by atoms with Crippen molar-refractivity contribution < 1.29 is 14.6 Å². The Morgan fingerprint density at radius 2 is 1.97 bits per heavy atom. The number of nitrogens with one attached hydrogen (secondary N) is 1. The minimum atomic E-state index is -0.921. The number of nitrogens with zero attached hydrogens (tertiary/aromatic N) is 2. The van der Waals surface area contributed by atoms with Crippen LogP contribution in [0.5, 0.6) is 6.01 Å². The molecule has 1 saturated carbocycles. The van der Waals surface area contributed by atoms with Crippen LogP contribution in [-0.2, 0) is 4.43 Å². The molecule has 2 aromatic heterocycles. The van der Waals surface area contributed by atoms with Crippen molar-refractivity contribution in [3.05, 3.63) is 33.8 Å². The first-order chi connectivity index (χ1) is 14.2. The summed E-state index contributed by atoms with van der Waals surface area (Å²) in [5.74, 6) is 5.36. The SMILES string of the molecule is CC(C)(C)C#Cc1cc(N[C@H]2CC[C@H](Oc3ncc(CI)cn3)CC2)c(C(=O)O)s1. The molecule has 0 bridgehead atoms. The molecule has 0 radical (unpaired) electrons. The van der Waals surface area contributed by atoms with Crippen molar-refractivity contribution in [2.45, 2.75) is 63.0 Å². The van der Waals surface area contributed by atoms with Crippen LogP contribution in [0.15, 0.2) is 18.5 Å². The summed E-state index contributed by atoms with van der Waals surface area (Å²) in [5, 5.41) is 13.0. The predicted molar refractivity (Wildman–Crippen MR) is 128 cm³/mol. The van der Waals surface area contributed by atoms with Crippen molar-refractivity contribution >= 4 is 45.6 Å².